The minimum Gasteiger partial charge on any atom is -0.326 e. The van der Waals surface area contributed by atoms with Crippen molar-refractivity contribution < 1.29 is 22.4 Å². The molecule has 8 heteroatoms. The number of benzene rings is 1. The lowest BCUT2D eigenvalue weighted by Crippen LogP contribution is -2.28. The van der Waals surface area contributed by atoms with E-state index in [-0.39, 0.29) is 18.1 Å². The Morgan fingerprint density at radius 3 is 2.45 bits per heavy atom. The molecule has 0 aliphatic heterocycles. The van der Waals surface area contributed by atoms with Crippen LogP contribution in [0.3, 0.4) is 0 Å². The molecule has 1 aromatic rings. The summed E-state index contributed by atoms with van der Waals surface area (Å²) >= 11 is 0. The first kappa shape index (κ1) is 18.7. The van der Waals surface area contributed by atoms with Gasteiger partial charge in [0.15, 0.2) is 0 Å². The van der Waals surface area contributed by atoms with Gasteiger partial charge in [-0.2, -0.15) is 13.2 Å². The highest BCUT2D eigenvalue weighted by molar-refractivity contribution is 5.92. The standard InChI is InChI=1S/C12H14F4N2O.ClH/c1-7(6-17-2)11(19)18-8-3-4-10(13)9(5-8)12(14,15)16;/h3-5,7,17H,6H2,1-2H3,(H,18,19);1H. The summed E-state index contributed by atoms with van der Waals surface area (Å²) in [5.74, 6) is -2.22. The van der Waals surface area contributed by atoms with E-state index < -0.39 is 29.4 Å². The molecule has 1 rings (SSSR count). The zero-order valence-electron chi connectivity index (χ0n) is 10.8. The maximum Gasteiger partial charge on any atom is 0.419 e. The van der Waals surface area contributed by atoms with E-state index in [9.17, 15) is 22.4 Å². The van der Waals surface area contributed by atoms with Crippen molar-refractivity contribution in [1.29, 1.82) is 0 Å². The van der Waals surface area contributed by atoms with Crippen LogP contribution in [0.4, 0.5) is 23.2 Å². The molecule has 1 aromatic carbocycles. The van der Waals surface area contributed by atoms with Crippen molar-refractivity contribution in [3.8, 4) is 0 Å². The molecule has 0 bridgehead atoms. The van der Waals surface area contributed by atoms with Crippen LogP contribution in [-0.2, 0) is 11.0 Å². The molecule has 0 aliphatic carbocycles. The van der Waals surface area contributed by atoms with Gasteiger partial charge in [0.25, 0.3) is 0 Å². The predicted octanol–water partition coefficient (Wildman–Crippen LogP) is 3.06. The van der Waals surface area contributed by atoms with Gasteiger partial charge in [-0.25, -0.2) is 4.39 Å². The Morgan fingerprint density at radius 2 is 1.95 bits per heavy atom. The molecule has 0 spiro atoms. The van der Waals surface area contributed by atoms with E-state index in [2.05, 4.69) is 10.6 Å². The van der Waals surface area contributed by atoms with Gasteiger partial charge in [-0.05, 0) is 25.2 Å². The summed E-state index contributed by atoms with van der Waals surface area (Å²) in [7, 11) is 1.66. The predicted molar refractivity (Wildman–Crippen MR) is 70.4 cm³/mol. The number of hydrogen-bond donors (Lipinski definition) is 2. The van der Waals surface area contributed by atoms with Gasteiger partial charge in [-0.15, -0.1) is 12.4 Å². The van der Waals surface area contributed by atoms with E-state index in [0.29, 0.717) is 18.7 Å². The third-order valence-corrected chi connectivity index (χ3v) is 2.50. The molecule has 0 aliphatic rings. The topological polar surface area (TPSA) is 41.1 Å². The van der Waals surface area contributed by atoms with Gasteiger partial charge in [-0.1, -0.05) is 6.92 Å². The molecule has 0 radical (unpaired) electrons. The largest absolute Gasteiger partial charge is 0.419 e. The molecule has 0 aromatic heterocycles. The van der Waals surface area contributed by atoms with Gasteiger partial charge >= 0.3 is 6.18 Å². The second-order valence-corrected chi connectivity index (χ2v) is 4.14. The Labute approximate surface area is 120 Å². The van der Waals surface area contributed by atoms with Crippen molar-refractivity contribution in [2.24, 2.45) is 5.92 Å². The Hall–Kier alpha value is -1.34. The van der Waals surface area contributed by atoms with E-state index in [1.54, 1.807) is 14.0 Å². The molecule has 2 N–H and O–H groups in total. The van der Waals surface area contributed by atoms with Crippen molar-refractivity contribution in [2.75, 3.05) is 18.9 Å². The Balaban J connectivity index is 0.00000361. The fraction of sp³-hybridized carbons (Fsp3) is 0.417. The third-order valence-electron chi connectivity index (χ3n) is 2.50. The van der Waals surface area contributed by atoms with Crippen molar-refractivity contribution in [3.63, 3.8) is 0 Å². The van der Waals surface area contributed by atoms with Crippen LogP contribution in [0.1, 0.15) is 12.5 Å². The van der Waals surface area contributed by atoms with Crippen LogP contribution < -0.4 is 10.6 Å². The van der Waals surface area contributed by atoms with Gasteiger partial charge in [-0.3, -0.25) is 4.79 Å². The lowest BCUT2D eigenvalue weighted by Gasteiger charge is -2.13. The first-order valence-electron chi connectivity index (χ1n) is 5.58. The van der Waals surface area contributed by atoms with Crippen molar-refractivity contribution in [3.05, 3.63) is 29.6 Å². The number of anilines is 1. The van der Waals surface area contributed by atoms with Gasteiger partial charge < -0.3 is 10.6 Å². The molecule has 114 valence electrons. The van der Waals surface area contributed by atoms with Crippen LogP contribution in [0.15, 0.2) is 18.2 Å². The molecule has 0 fully saturated rings. The van der Waals surface area contributed by atoms with E-state index >= 15 is 0 Å². The molecule has 1 amide bonds. The maximum absolute atomic E-state index is 13.0. The van der Waals surface area contributed by atoms with Crippen LogP contribution in [0, 0.1) is 11.7 Å². The summed E-state index contributed by atoms with van der Waals surface area (Å²) < 4.78 is 50.5. The van der Waals surface area contributed by atoms with Crippen molar-refractivity contribution in [1.82, 2.24) is 5.32 Å². The van der Waals surface area contributed by atoms with Gasteiger partial charge in [0.2, 0.25) is 5.91 Å². The van der Waals surface area contributed by atoms with Gasteiger partial charge in [0.05, 0.1) is 5.56 Å². The SMILES string of the molecule is CNCC(C)C(=O)Nc1ccc(F)c(C(F)(F)F)c1.Cl. The monoisotopic (exact) mass is 314 g/mol. The summed E-state index contributed by atoms with van der Waals surface area (Å²) in [4.78, 5) is 11.6. The summed E-state index contributed by atoms with van der Waals surface area (Å²) in [6, 6.07) is 2.36. The summed E-state index contributed by atoms with van der Waals surface area (Å²) in [6.07, 6.45) is -4.79. The molecule has 1 atom stereocenters. The lowest BCUT2D eigenvalue weighted by atomic mass is 10.1. The number of rotatable bonds is 4. The van der Waals surface area contributed by atoms with E-state index in [4.69, 9.17) is 0 Å². The smallest absolute Gasteiger partial charge is 0.326 e. The zero-order valence-corrected chi connectivity index (χ0v) is 11.7. The van der Waals surface area contributed by atoms with Crippen molar-refractivity contribution in [2.45, 2.75) is 13.1 Å². The minimum atomic E-state index is -4.79. The quantitative estimate of drug-likeness (QED) is 0.839. The molecular weight excluding hydrogens is 300 g/mol. The second kappa shape index (κ2) is 7.44. The zero-order chi connectivity index (χ0) is 14.6. The highest BCUT2D eigenvalue weighted by Crippen LogP contribution is 2.33. The summed E-state index contributed by atoms with van der Waals surface area (Å²) in [6.45, 7) is 2.01. The Kier molecular flexibility index (Phi) is 6.95. The first-order chi connectivity index (χ1) is 8.75. The molecular formula is C12H15ClF4N2O. The average molecular weight is 315 g/mol. The number of halogens is 5. The number of nitrogens with one attached hydrogen (secondary N) is 2. The van der Waals surface area contributed by atoms with Crippen LogP contribution in [0.5, 0.6) is 0 Å². The molecule has 1 unspecified atom stereocenters. The number of amides is 1. The van der Waals surface area contributed by atoms with Crippen LogP contribution in [0.25, 0.3) is 0 Å². The Bertz CT molecular complexity index is 465. The number of carbonyl (C=O) groups excluding carboxylic acids is 1. The van der Waals surface area contributed by atoms with Gasteiger partial charge in [0.1, 0.15) is 5.82 Å². The lowest BCUT2D eigenvalue weighted by molar-refractivity contribution is -0.140. The fourth-order valence-corrected chi connectivity index (χ4v) is 1.48. The molecule has 20 heavy (non-hydrogen) atoms. The van der Waals surface area contributed by atoms with Crippen molar-refractivity contribution >= 4 is 24.0 Å². The van der Waals surface area contributed by atoms with Crippen LogP contribution in [0.2, 0.25) is 0 Å². The minimum absolute atomic E-state index is 0. The maximum atomic E-state index is 13.0. The second-order valence-electron chi connectivity index (χ2n) is 4.14. The first-order valence-corrected chi connectivity index (χ1v) is 5.58. The average Bonchev–Trinajstić information content (AvgIpc) is 2.30. The highest BCUT2D eigenvalue weighted by Gasteiger charge is 2.34. The third kappa shape index (κ3) is 4.97. The molecule has 3 nitrogen and oxygen atoms in total. The normalized spacial score (nSPS) is 12.5. The van der Waals surface area contributed by atoms with E-state index in [0.717, 1.165) is 6.07 Å². The highest BCUT2D eigenvalue weighted by atomic mass is 35.5. The number of alkyl halides is 3. The summed E-state index contributed by atoms with van der Waals surface area (Å²) in [5.41, 5.74) is -1.48. The Morgan fingerprint density at radius 1 is 1.35 bits per heavy atom. The fourth-order valence-electron chi connectivity index (χ4n) is 1.48. The van der Waals surface area contributed by atoms with E-state index in [1.165, 1.54) is 0 Å². The van der Waals surface area contributed by atoms with Crippen LogP contribution >= 0.6 is 12.4 Å². The van der Waals surface area contributed by atoms with Crippen LogP contribution in [-0.4, -0.2) is 19.5 Å². The number of hydrogen-bond acceptors (Lipinski definition) is 2. The molecule has 0 saturated carbocycles. The summed E-state index contributed by atoms with van der Waals surface area (Å²) in [5, 5.41) is 5.10. The molecule has 0 saturated heterocycles. The molecule has 0 heterocycles. The van der Waals surface area contributed by atoms with E-state index in [1.807, 2.05) is 0 Å². The van der Waals surface area contributed by atoms with Gasteiger partial charge in [0, 0.05) is 18.2 Å². The number of carbonyl (C=O) groups is 1.